The number of Topliss-reactive ketones (excluding diaryl/α,β-unsaturated/α-hetero) is 1. The fourth-order valence-electron chi connectivity index (χ4n) is 2.66. The Morgan fingerprint density at radius 2 is 1.76 bits per heavy atom. The number of hydrogen-bond acceptors (Lipinski definition) is 2. The summed E-state index contributed by atoms with van der Waals surface area (Å²) in [6.07, 6.45) is 1.76. The Bertz CT molecular complexity index is 694. The van der Waals surface area contributed by atoms with Gasteiger partial charge < -0.3 is 5.32 Å². The summed E-state index contributed by atoms with van der Waals surface area (Å²) in [6.45, 7) is 0. The lowest BCUT2D eigenvalue weighted by molar-refractivity contribution is -0.117. The SMILES string of the molecule is O=C(N[C@H]1CCc2ccccc21)C(=O)c1ccc(Cl)cc1. The van der Waals surface area contributed by atoms with Crippen molar-refractivity contribution in [3.05, 3.63) is 70.2 Å². The fraction of sp³-hybridized carbons (Fsp3) is 0.176. The second kappa shape index (κ2) is 5.70. The summed E-state index contributed by atoms with van der Waals surface area (Å²) in [5.41, 5.74) is 2.69. The molecule has 106 valence electrons. The van der Waals surface area contributed by atoms with Gasteiger partial charge in [0.1, 0.15) is 0 Å². The van der Waals surface area contributed by atoms with Gasteiger partial charge in [0.05, 0.1) is 6.04 Å². The molecule has 1 atom stereocenters. The molecule has 21 heavy (non-hydrogen) atoms. The summed E-state index contributed by atoms with van der Waals surface area (Å²) in [5, 5.41) is 3.37. The van der Waals surface area contributed by atoms with Crippen LogP contribution in [-0.2, 0) is 11.2 Å². The molecule has 1 N–H and O–H groups in total. The molecule has 3 nitrogen and oxygen atoms in total. The maximum atomic E-state index is 12.1. The molecule has 3 rings (SSSR count). The largest absolute Gasteiger partial charge is 0.342 e. The average molecular weight is 300 g/mol. The van der Waals surface area contributed by atoms with Gasteiger partial charge in [-0.2, -0.15) is 0 Å². The van der Waals surface area contributed by atoms with Crippen molar-refractivity contribution in [1.82, 2.24) is 5.32 Å². The molecular weight excluding hydrogens is 286 g/mol. The molecule has 0 saturated carbocycles. The Hall–Kier alpha value is -2.13. The third kappa shape index (κ3) is 2.83. The van der Waals surface area contributed by atoms with E-state index >= 15 is 0 Å². The number of rotatable bonds is 3. The van der Waals surface area contributed by atoms with Gasteiger partial charge in [0.2, 0.25) is 5.78 Å². The number of halogens is 1. The predicted molar refractivity (Wildman–Crippen MR) is 81.4 cm³/mol. The van der Waals surface area contributed by atoms with E-state index < -0.39 is 11.7 Å². The zero-order valence-electron chi connectivity index (χ0n) is 11.3. The third-order valence-corrected chi connectivity index (χ3v) is 4.00. The van der Waals surface area contributed by atoms with Gasteiger partial charge in [0.25, 0.3) is 5.91 Å². The van der Waals surface area contributed by atoms with Crippen LogP contribution in [0.15, 0.2) is 48.5 Å². The van der Waals surface area contributed by atoms with Crippen molar-refractivity contribution >= 4 is 23.3 Å². The molecule has 1 amide bonds. The van der Waals surface area contributed by atoms with E-state index in [9.17, 15) is 9.59 Å². The minimum Gasteiger partial charge on any atom is -0.342 e. The number of fused-ring (bicyclic) bond motifs is 1. The second-order valence-electron chi connectivity index (χ2n) is 5.10. The highest BCUT2D eigenvalue weighted by molar-refractivity contribution is 6.43. The number of ketones is 1. The van der Waals surface area contributed by atoms with Crippen LogP contribution in [0.25, 0.3) is 0 Å². The van der Waals surface area contributed by atoms with Crippen LogP contribution in [0.4, 0.5) is 0 Å². The van der Waals surface area contributed by atoms with Crippen LogP contribution in [-0.4, -0.2) is 11.7 Å². The standard InChI is InChI=1S/C17H14ClNO2/c18-13-8-5-12(6-9-13)16(20)17(21)19-15-10-7-11-3-1-2-4-14(11)15/h1-6,8-9,15H,7,10H2,(H,19,21)/t15-/m0/s1. The van der Waals surface area contributed by atoms with Crippen molar-refractivity contribution in [1.29, 1.82) is 0 Å². The summed E-state index contributed by atoms with van der Waals surface area (Å²) in [7, 11) is 0. The summed E-state index contributed by atoms with van der Waals surface area (Å²) in [4.78, 5) is 24.2. The molecule has 0 aliphatic heterocycles. The second-order valence-corrected chi connectivity index (χ2v) is 5.54. The van der Waals surface area contributed by atoms with Gasteiger partial charge in [0.15, 0.2) is 0 Å². The molecule has 2 aromatic rings. The molecule has 0 radical (unpaired) electrons. The van der Waals surface area contributed by atoms with Crippen LogP contribution in [0.3, 0.4) is 0 Å². The van der Waals surface area contributed by atoms with Crippen LogP contribution in [0.5, 0.6) is 0 Å². The Kier molecular flexibility index (Phi) is 3.76. The van der Waals surface area contributed by atoms with Gasteiger partial charge in [-0.15, -0.1) is 0 Å². The minimum absolute atomic E-state index is 0.0787. The van der Waals surface area contributed by atoms with Gasteiger partial charge in [-0.25, -0.2) is 0 Å². The molecule has 4 heteroatoms. The molecule has 0 saturated heterocycles. The van der Waals surface area contributed by atoms with Crippen molar-refractivity contribution in [3.8, 4) is 0 Å². The van der Waals surface area contributed by atoms with Gasteiger partial charge in [-0.05, 0) is 48.2 Å². The molecule has 1 aliphatic rings. The van der Waals surface area contributed by atoms with E-state index in [0.29, 0.717) is 10.6 Å². The van der Waals surface area contributed by atoms with Crippen LogP contribution in [0, 0.1) is 0 Å². The highest BCUT2D eigenvalue weighted by Crippen LogP contribution is 2.30. The molecule has 0 spiro atoms. The van der Waals surface area contributed by atoms with Crippen molar-refractivity contribution in [3.63, 3.8) is 0 Å². The molecule has 0 unspecified atom stereocenters. The van der Waals surface area contributed by atoms with Crippen LogP contribution in [0.2, 0.25) is 5.02 Å². The topological polar surface area (TPSA) is 46.2 Å². The Labute approximate surface area is 127 Å². The van der Waals surface area contributed by atoms with Gasteiger partial charge in [0, 0.05) is 10.6 Å². The third-order valence-electron chi connectivity index (χ3n) is 3.75. The number of nitrogens with one attached hydrogen (secondary N) is 1. The highest BCUT2D eigenvalue weighted by atomic mass is 35.5. The first-order valence-electron chi connectivity index (χ1n) is 6.84. The molecular formula is C17H14ClNO2. The van der Waals surface area contributed by atoms with E-state index in [1.807, 2.05) is 18.2 Å². The smallest absolute Gasteiger partial charge is 0.292 e. The van der Waals surface area contributed by atoms with Crippen LogP contribution >= 0.6 is 11.6 Å². The van der Waals surface area contributed by atoms with Crippen LogP contribution in [0.1, 0.15) is 33.9 Å². The average Bonchev–Trinajstić information content (AvgIpc) is 2.91. The molecule has 0 fully saturated rings. The van der Waals surface area contributed by atoms with E-state index in [1.165, 1.54) is 5.56 Å². The fourth-order valence-corrected chi connectivity index (χ4v) is 2.79. The lowest BCUT2D eigenvalue weighted by Crippen LogP contribution is -2.33. The zero-order chi connectivity index (χ0) is 14.8. The van der Waals surface area contributed by atoms with Gasteiger partial charge in [-0.1, -0.05) is 35.9 Å². The van der Waals surface area contributed by atoms with Gasteiger partial charge in [-0.3, -0.25) is 9.59 Å². The lowest BCUT2D eigenvalue weighted by Gasteiger charge is -2.13. The first kappa shape index (κ1) is 13.8. The van der Waals surface area contributed by atoms with Crippen molar-refractivity contribution in [2.75, 3.05) is 0 Å². The molecule has 0 aromatic heterocycles. The van der Waals surface area contributed by atoms with E-state index in [0.717, 1.165) is 18.4 Å². The predicted octanol–water partition coefficient (Wildman–Crippen LogP) is 3.33. The number of carbonyl (C=O) groups is 2. The number of hydrogen-bond donors (Lipinski definition) is 1. The van der Waals surface area contributed by atoms with Crippen LogP contribution < -0.4 is 5.32 Å². The van der Waals surface area contributed by atoms with E-state index in [4.69, 9.17) is 11.6 Å². The Morgan fingerprint density at radius 3 is 2.52 bits per heavy atom. The van der Waals surface area contributed by atoms with Crippen molar-refractivity contribution in [2.24, 2.45) is 0 Å². The number of benzene rings is 2. The summed E-state index contributed by atoms with van der Waals surface area (Å²) in [5.74, 6) is -1.10. The van der Waals surface area contributed by atoms with Crippen molar-refractivity contribution in [2.45, 2.75) is 18.9 Å². The number of carbonyl (C=O) groups excluding carboxylic acids is 2. The summed E-state index contributed by atoms with van der Waals surface area (Å²) in [6, 6.07) is 14.2. The summed E-state index contributed by atoms with van der Waals surface area (Å²) < 4.78 is 0. The monoisotopic (exact) mass is 299 g/mol. The summed E-state index contributed by atoms with van der Waals surface area (Å²) >= 11 is 5.78. The molecule has 0 heterocycles. The highest BCUT2D eigenvalue weighted by Gasteiger charge is 2.26. The minimum atomic E-state index is -0.570. The van der Waals surface area contributed by atoms with Crippen molar-refractivity contribution < 1.29 is 9.59 Å². The van der Waals surface area contributed by atoms with Gasteiger partial charge >= 0.3 is 0 Å². The first-order chi connectivity index (χ1) is 10.1. The molecule has 1 aliphatic carbocycles. The van der Waals surface area contributed by atoms with E-state index in [1.54, 1.807) is 24.3 Å². The zero-order valence-corrected chi connectivity index (χ0v) is 12.1. The maximum Gasteiger partial charge on any atom is 0.292 e. The lowest BCUT2D eigenvalue weighted by atomic mass is 10.1. The quantitative estimate of drug-likeness (QED) is 0.698. The first-order valence-corrected chi connectivity index (χ1v) is 7.21. The van der Waals surface area contributed by atoms with E-state index in [2.05, 4.69) is 11.4 Å². The van der Waals surface area contributed by atoms with E-state index in [-0.39, 0.29) is 6.04 Å². The number of aryl methyl sites for hydroxylation is 1. The normalized spacial score (nSPS) is 16.3. The Morgan fingerprint density at radius 1 is 1.05 bits per heavy atom. The molecule has 2 aromatic carbocycles. The Balaban J connectivity index is 1.73. The molecule has 0 bridgehead atoms. The number of amides is 1. The maximum absolute atomic E-state index is 12.1.